The highest BCUT2D eigenvalue weighted by Crippen LogP contribution is 2.22. The average molecular weight is 346 g/mol. The number of amides is 1. The summed E-state index contributed by atoms with van der Waals surface area (Å²) in [5.41, 5.74) is 0.988. The van der Waals surface area contributed by atoms with E-state index in [0.717, 1.165) is 23.7 Å². The number of anilines is 1. The van der Waals surface area contributed by atoms with Crippen molar-refractivity contribution in [2.24, 2.45) is 0 Å². The predicted octanol–water partition coefficient (Wildman–Crippen LogP) is 2.97. The number of phenolic OH excluding ortho intramolecular Hbond substituents is 1. The summed E-state index contributed by atoms with van der Waals surface area (Å²) in [5, 5.41) is 9.26. The normalized spacial score (nSPS) is 14.7. The van der Waals surface area contributed by atoms with Gasteiger partial charge in [0.15, 0.2) is 0 Å². The Kier molecular flexibility index (Phi) is 5.25. The number of carbonyl (C=O) groups is 1. The number of hydrogen-bond donors (Lipinski definition) is 1. The van der Waals surface area contributed by atoms with Crippen LogP contribution in [0.4, 0.5) is 10.1 Å². The fourth-order valence-corrected chi connectivity index (χ4v) is 3.45. The van der Waals surface area contributed by atoms with Crippen LogP contribution in [0.25, 0.3) is 0 Å². The highest BCUT2D eigenvalue weighted by atomic mass is 32.2. The van der Waals surface area contributed by atoms with Crippen molar-refractivity contribution in [3.63, 3.8) is 0 Å². The standard InChI is InChI=1S/C18H19FN2O2S/c19-14-1-3-15(4-2-14)20-9-11-21(12-10-20)18(23)13-24-17-7-5-16(22)6-8-17/h1-8,22H,9-13H2. The van der Waals surface area contributed by atoms with Gasteiger partial charge in [-0.2, -0.15) is 0 Å². The number of nitrogens with zero attached hydrogens (tertiary/aromatic N) is 2. The Labute approximate surface area is 144 Å². The number of rotatable bonds is 4. The molecule has 126 valence electrons. The number of carbonyl (C=O) groups excluding carboxylic acids is 1. The quantitative estimate of drug-likeness (QED) is 0.865. The van der Waals surface area contributed by atoms with E-state index in [2.05, 4.69) is 4.90 Å². The summed E-state index contributed by atoms with van der Waals surface area (Å²) in [4.78, 5) is 17.3. The van der Waals surface area contributed by atoms with Crippen LogP contribution in [0.15, 0.2) is 53.4 Å². The molecular formula is C18H19FN2O2S. The van der Waals surface area contributed by atoms with Gasteiger partial charge < -0.3 is 14.9 Å². The molecule has 4 nitrogen and oxygen atoms in total. The lowest BCUT2D eigenvalue weighted by atomic mass is 10.2. The van der Waals surface area contributed by atoms with Crippen LogP contribution >= 0.6 is 11.8 Å². The summed E-state index contributed by atoms with van der Waals surface area (Å²) < 4.78 is 13.0. The molecule has 2 aromatic rings. The largest absolute Gasteiger partial charge is 0.508 e. The van der Waals surface area contributed by atoms with E-state index in [0.29, 0.717) is 18.8 Å². The minimum absolute atomic E-state index is 0.117. The molecule has 1 heterocycles. The van der Waals surface area contributed by atoms with Gasteiger partial charge in [0.2, 0.25) is 5.91 Å². The van der Waals surface area contributed by atoms with Crippen LogP contribution in [0.1, 0.15) is 0 Å². The van der Waals surface area contributed by atoms with Crippen molar-refractivity contribution in [3.05, 3.63) is 54.3 Å². The Morgan fingerprint density at radius 2 is 1.62 bits per heavy atom. The van der Waals surface area contributed by atoms with Gasteiger partial charge in [0.25, 0.3) is 0 Å². The zero-order valence-electron chi connectivity index (χ0n) is 13.2. The lowest BCUT2D eigenvalue weighted by Gasteiger charge is -2.36. The van der Waals surface area contributed by atoms with E-state index >= 15 is 0 Å². The second kappa shape index (κ2) is 7.57. The Morgan fingerprint density at radius 1 is 1.00 bits per heavy atom. The maximum absolute atomic E-state index is 13.0. The van der Waals surface area contributed by atoms with Crippen molar-refractivity contribution in [1.29, 1.82) is 0 Å². The topological polar surface area (TPSA) is 43.8 Å². The summed E-state index contributed by atoms with van der Waals surface area (Å²) in [7, 11) is 0. The monoisotopic (exact) mass is 346 g/mol. The zero-order chi connectivity index (χ0) is 16.9. The van der Waals surface area contributed by atoms with E-state index in [9.17, 15) is 14.3 Å². The van der Waals surface area contributed by atoms with Crippen LogP contribution in [-0.2, 0) is 4.79 Å². The summed E-state index contributed by atoms with van der Waals surface area (Å²) in [6.07, 6.45) is 0. The summed E-state index contributed by atoms with van der Waals surface area (Å²) in [5.74, 6) is 0.495. The molecule has 0 bridgehead atoms. The van der Waals surface area contributed by atoms with Gasteiger partial charge in [-0.25, -0.2) is 4.39 Å². The molecule has 0 saturated carbocycles. The number of aromatic hydroxyl groups is 1. The number of piperazine rings is 1. The summed E-state index contributed by atoms with van der Waals surface area (Å²) >= 11 is 1.47. The molecule has 3 rings (SSSR count). The van der Waals surface area contributed by atoms with Crippen LogP contribution < -0.4 is 4.90 Å². The van der Waals surface area contributed by atoms with Crippen molar-refractivity contribution in [1.82, 2.24) is 4.90 Å². The first kappa shape index (κ1) is 16.6. The molecule has 0 unspecified atom stereocenters. The molecule has 1 fully saturated rings. The van der Waals surface area contributed by atoms with Crippen LogP contribution in [0, 0.1) is 5.82 Å². The van der Waals surface area contributed by atoms with Gasteiger partial charge in [-0.3, -0.25) is 4.79 Å². The van der Waals surface area contributed by atoms with Crippen molar-refractivity contribution in [2.75, 3.05) is 36.8 Å². The Bertz CT molecular complexity index is 683. The summed E-state index contributed by atoms with van der Waals surface area (Å²) in [6.45, 7) is 2.85. The van der Waals surface area contributed by atoms with Gasteiger partial charge in [-0.05, 0) is 48.5 Å². The van der Waals surface area contributed by atoms with Gasteiger partial charge >= 0.3 is 0 Å². The zero-order valence-corrected chi connectivity index (χ0v) is 14.0. The van der Waals surface area contributed by atoms with Crippen LogP contribution in [0.5, 0.6) is 5.75 Å². The molecule has 1 amide bonds. The molecule has 0 atom stereocenters. The third-order valence-corrected chi connectivity index (χ3v) is 5.02. The molecule has 1 aliphatic rings. The fourth-order valence-electron chi connectivity index (χ4n) is 2.64. The summed E-state index contributed by atoms with van der Waals surface area (Å²) in [6, 6.07) is 13.3. The first-order valence-corrected chi connectivity index (χ1v) is 8.80. The van der Waals surface area contributed by atoms with Gasteiger partial charge in [0, 0.05) is 36.8 Å². The fraction of sp³-hybridized carbons (Fsp3) is 0.278. The molecule has 2 aromatic carbocycles. The highest BCUT2D eigenvalue weighted by molar-refractivity contribution is 8.00. The number of hydrogen-bond acceptors (Lipinski definition) is 4. The lowest BCUT2D eigenvalue weighted by molar-refractivity contribution is -0.128. The van der Waals surface area contributed by atoms with Crippen LogP contribution in [0.2, 0.25) is 0 Å². The maximum Gasteiger partial charge on any atom is 0.233 e. The molecule has 0 spiro atoms. The minimum Gasteiger partial charge on any atom is -0.508 e. The minimum atomic E-state index is -0.237. The Morgan fingerprint density at radius 3 is 2.25 bits per heavy atom. The third kappa shape index (κ3) is 4.20. The number of phenols is 1. The molecule has 0 radical (unpaired) electrons. The number of halogens is 1. The predicted molar refractivity (Wildman–Crippen MR) is 94.0 cm³/mol. The maximum atomic E-state index is 13.0. The molecule has 0 aromatic heterocycles. The van der Waals surface area contributed by atoms with Crippen LogP contribution in [0.3, 0.4) is 0 Å². The highest BCUT2D eigenvalue weighted by Gasteiger charge is 2.21. The average Bonchev–Trinajstić information content (AvgIpc) is 2.62. The van der Waals surface area contributed by atoms with E-state index in [-0.39, 0.29) is 17.5 Å². The molecule has 1 saturated heterocycles. The number of thioether (sulfide) groups is 1. The number of benzene rings is 2. The molecule has 24 heavy (non-hydrogen) atoms. The van der Waals surface area contributed by atoms with Gasteiger partial charge in [0.05, 0.1) is 5.75 Å². The van der Waals surface area contributed by atoms with E-state index in [1.54, 1.807) is 36.4 Å². The van der Waals surface area contributed by atoms with Crippen molar-refractivity contribution >= 4 is 23.4 Å². The second-order valence-corrected chi connectivity index (χ2v) is 6.68. The van der Waals surface area contributed by atoms with E-state index in [4.69, 9.17) is 0 Å². The van der Waals surface area contributed by atoms with Crippen molar-refractivity contribution < 1.29 is 14.3 Å². The van der Waals surface area contributed by atoms with E-state index < -0.39 is 0 Å². The SMILES string of the molecule is O=C(CSc1ccc(O)cc1)N1CCN(c2ccc(F)cc2)CC1. The van der Waals surface area contributed by atoms with Gasteiger partial charge in [0.1, 0.15) is 11.6 Å². The van der Waals surface area contributed by atoms with Crippen molar-refractivity contribution in [3.8, 4) is 5.75 Å². The van der Waals surface area contributed by atoms with Crippen LogP contribution in [-0.4, -0.2) is 47.8 Å². The van der Waals surface area contributed by atoms with E-state index in [1.165, 1.54) is 23.9 Å². The molecule has 0 aliphatic carbocycles. The second-order valence-electron chi connectivity index (χ2n) is 5.63. The van der Waals surface area contributed by atoms with Crippen molar-refractivity contribution in [2.45, 2.75) is 4.90 Å². The first-order valence-electron chi connectivity index (χ1n) is 7.82. The van der Waals surface area contributed by atoms with Gasteiger partial charge in [-0.1, -0.05) is 0 Å². The Balaban J connectivity index is 1.48. The molecule has 6 heteroatoms. The van der Waals surface area contributed by atoms with E-state index in [1.807, 2.05) is 4.90 Å². The Hall–Kier alpha value is -2.21. The molecular weight excluding hydrogens is 327 g/mol. The lowest BCUT2D eigenvalue weighted by Crippen LogP contribution is -2.49. The third-order valence-electron chi connectivity index (χ3n) is 4.02. The smallest absolute Gasteiger partial charge is 0.233 e. The molecule has 1 N–H and O–H groups in total. The van der Waals surface area contributed by atoms with Gasteiger partial charge in [-0.15, -0.1) is 11.8 Å². The first-order chi connectivity index (χ1) is 11.6. The molecule has 1 aliphatic heterocycles.